The van der Waals surface area contributed by atoms with Crippen molar-refractivity contribution in [2.75, 3.05) is 19.8 Å². The fourth-order valence-corrected chi connectivity index (χ4v) is 1.90. The number of amides is 1. The first-order valence-electron chi connectivity index (χ1n) is 7.88. The zero-order valence-electron chi connectivity index (χ0n) is 14.9. The predicted molar refractivity (Wildman–Crippen MR) is 91.3 cm³/mol. The van der Waals surface area contributed by atoms with Gasteiger partial charge in [0.1, 0.15) is 11.3 Å². The molecule has 0 bridgehead atoms. The number of hydrogen-bond acceptors (Lipinski definition) is 6. The second-order valence-corrected chi connectivity index (χ2v) is 5.93. The summed E-state index contributed by atoms with van der Waals surface area (Å²) in [4.78, 5) is 11.7. The number of hydrogen-bond donors (Lipinski definition) is 2. The van der Waals surface area contributed by atoms with Crippen LogP contribution in [0.1, 0.15) is 40.2 Å². The minimum atomic E-state index is -0.595. The maximum absolute atomic E-state index is 11.7. The molecule has 0 heterocycles. The highest BCUT2D eigenvalue weighted by molar-refractivity contribution is 6.03. The molecule has 134 valence electrons. The van der Waals surface area contributed by atoms with E-state index in [1.807, 2.05) is 13.8 Å². The molecule has 1 aromatic rings. The molecule has 0 fully saturated rings. The quantitative estimate of drug-likeness (QED) is 0.453. The van der Waals surface area contributed by atoms with E-state index in [9.17, 15) is 10.0 Å². The monoisotopic (exact) mass is 338 g/mol. The molecule has 7 nitrogen and oxygen atoms in total. The van der Waals surface area contributed by atoms with Crippen molar-refractivity contribution in [1.29, 1.82) is 0 Å². The molecule has 2 N–H and O–H groups in total. The molecule has 0 radical (unpaired) electrons. The fourth-order valence-electron chi connectivity index (χ4n) is 1.90. The van der Waals surface area contributed by atoms with E-state index in [1.165, 1.54) is 0 Å². The van der Waals surface area contributed by atoms with Crippen LogP contribution in [0.25, 0.3) is 0 Å². The number of rotatable bonds is 7. The van der Waals surface area contributed by atoms with Crippen molar-refractivity contribution in [3.63, 3.8) is 0 Å². The molecule has 0 spiro atoms. The second kappa shape index (κ2) is 9.00. The first-order chi connectivity index (χ1) is 11.3. The van der Waals surface area contributed by atoms with Gasteiger partial charge in [0.2, 0.25) is 0 Å². The van der Waals surface area contributed by atoms with E-state index in [0.29, 0.717) is 30.3 Å². The molecule has 0 unspecified atom stereocenters. The molecule has 1 rings (SSSR count). The summed E-state index contributed by atoms with van der Waals surface area (Å²) >= 11 is 0. The average molecular weight is 338 g/mol. The Hall–Kier alpha value is -2.44. The fraction of sp³-hybridized carbons (Fsp3) is 0.529. The van der Waals surface area contributed by atoms with Gasteiger partial charge in [0.05, 0.1) is 19.8 Å². The summed E-state index contributed by atoms with van der Waals surface area (Å²) in [6, 6.07) is 5.18. The standard InChI is InChI=1S/C17H26N2O5/c1-6-22-14-9-8-12(10-15(14)23-7-2)13(19-21)11-18-16(20)24-17(3,4)5/h8-10,21H,6-7,11H2,1-5H3,(H,18,20)/b19-13-. The van der Waals surface area contributed by atoms with Crippen LogP contribution in [0.3, 0.4) is 0 Å². The van der Waals surface area contributed by atoms with Gasteiger partial charge < -0.3 is 24.7 Å². The van der Waals surface area contributed by atoms with Crippen molar-refractivity contribution in [2.45, 2.75) is 40.2 Å². The van der Waals surface area contributed by atoms with E-state index in [0.717, 1.165) is 0 Å². The van der Waals surface area contributed by atoms with Gasteiger partial charge >= 0.3 is 6.09 Å². The summed E-state index contributed by atoms with van der Waals surface area (Å²) in [6.45, 7) is 10.1. The van der Waals surface area contributed by atoms with E-state index in [2.05, 4.69) is 10.5 Å². The van der Waals surface area contributed by atoms with Crippen LogP contribution in [-0.2, 0) is 4.74 Å². The van der Waals surface area contributed by atoms with Crippen LogP contribution in [0.2, 0.25) is 0 Å². The number of alkyl carbamates (subject to hydrolysis) is 1. The van der Waals surface area contributed by atoms with Crippen LogP contribution in [0.15, 0.2) is 23.4 Å². The molecule has 0 aliphatic carbocycles. The van der Waals surface area contributed by atoms with Gasteiger partial charge in [-0.2, -0.15) is 0 Å². The SMILES string of the molecule is CCOc1ccc(/C(CNC(=O)OC(C)(C)C)=N\O)cc1OCC. The lowest BCUT2D eigenvalue weighted by Gasteiger charge is -2.20. The van der Waals surface area contributed by atoms with Crippen LogP contribution in [0.4, 0.5) is 4.79 Å². The third-order valence-electron chi connectivity index (χ3n) is 2.80. The lowest BCUT2D eigenvalue weighted by molar-refractivity contribution is 0.0536. The number of carbonyl (C=O) groups is 1. The van der Waals surface area contributed by atoms with Gasteiger partial charge in [-0.15, -0.1) is 0 Å². The molecule has 1 amide bonds. The summed E-state index contributed by atoms with van der Waals surface area (Å²) in [5, 5.41) is 15.1. The summed E-state index contributed by atoms with van der Waals surface area (Å²) in [5.74, 6) is 1.16. The van der Waals surface area contributed by atoms with Gasteiger partial charge in [-0.05, 0) is 52.8 Å². The number of nitrogens with one attached hydrogen (secondary N) is 1. The Morgan fingerprint density at radius 3 is 2.33 bits per heavy atom. The Morgan fingerprint density at radius 2 is 1.79 bits per heavy atom. The van der Waals surface area contributed by atoms with E-state index >= 15 is 0 Å². The van der Waals surface area contributed by atoms with Gasteiger partial charge in [-0.3, -0.25) is 0 Å². The Kier molecular flexibility index (Phi) is 7.35. The Bertz CT molecular complexity index is 579. The third kappa shape index (κ3) is 6.36. The van der Waals surface area contributed by atoms with Crippen LogP contribution >= 0.6 is 0 Å². The van der Waals surface area contributed by atoms with Crippen LogP contribution in [0.5, 0.6) is 11.5 Å². The van der Waals surface area contributed by atoms with Gasteiger partial charge in [-0.1, -0.05) is 5.16 Å². The van der Waals surface area contributed by atoms with Crippen molar-refractivity contribution in [1.82, 2.24) is 5.32 Å². The molecule has 1 aromatic carbocycles. The summed E-state index contributed by atoms with van der Waals surface area (Å²) in [7, 11) is 0. The average Bonchev–Trinajstić information content (AvgIpc) is 2.49. The van der Waals surface area contributed by atoms with Crippen molar-refractivity contribution in [2.24, 2.45) is 5.16 Å². The molecule has 0 aliphatic rings. The number of carbonyl (C=O) groups excluding carboxylic acids is 1. The van der Waals surface area contributed by atoms with Gasteiger partial charge in [0.15, 0.2) is 11.5 Å². The highest BCUT2D eigenvalue weighted by Gasteiger charge is 2.17. The number of oxime groups is 1. The largest absolute Gasteiger partial charge is 0.490 e. The molecule has 0 saturated carbocycles. The van der Waals surface area contributed by atoms with Crippen LogP contribution in [0, 0.1) is 0 Å². The lowest BCUT2D eigenvalue weighted by atomic mass is 10.1. The predicted octanol–water partition coefficient (Wildman–Crippen LogP) is 3.19. The summed E-state index contributed by atoms with van der Waals surface area (Å²) in [6.07, 6.45) is -0.584. The Balaban J connectivity index is 2.85. The van der Waals surface area contributed by atoms with Crippen molar-refractivity contribution < 1.29 is 24.2 Å². The molecule has 7 heteroatoms. The first-order valence-corrected chi connectivity index (χ1v) is 7.88. The topological polar surface area (TPSA) is 89.4 Å². The van der Waals surface area contributed by atoms with Crippen molar-refractivity contribution in [3.8, 4) is 11.5 Å². The summed E-state index contributed by atoms with van der Waals surface area (Å²) in [5.41, 5.74) is 0.298. The molecule has 0 saturated heterocycles. The highest BCUT2D eigenvalue weighted by atomic mass is 16.6. The first kappa shape index (κ1) is 19.6. The van der Waals surface area contributed by atoms with E-state index in [1.54, 1.807) is 39.0 Å². The van der Waals surface area contributed by atoms with Gasteiger partial charge in [0, 0.05) is 5.56 Å². The maximum Gasteiger partial charge on any atom is 0.407 e. The van der Waals surface area contributed by atoms with Gasteiger partial charge in [0.25, 0.3) is 0 Å². The number of ether oxygens (including phenoxy) is 3. The molecule has 0 aromatic heterocycles. The number of benzene rings is 1. The normalized spacial score (nSPS) is 11.8. The second-order valence-electron chi connectivity index (χ2n) is 5.93. The zero-order chi connectivity index (χ0) is 18.2. The molecule has 0 aliphatic heterocycles. The van der Waals surface area contributed by atoms with Crippen LogP contribution in [-0.4, -0.2) is 42.4 Å². The van der Waals surface area contributed by atoms with Gasteiger partial charge in [-0.25, -0.2) is 4.79 Å². The molecular formula is C17H26N2O5. The van der Waals surface area contributed by atoms with E-state index in [4.69, 9.17) is 14.2 Å². The molecular weight excluding hydrogens is 312 g/mol. The summed E-state index contributed by atoms with van der Waals surface area (Å²) < 4.78 is 16.2. The van der Waals surface area contributed by atoms with E-state index in [-0.39, 0.29) is 12.3 Å². The van der Waals surface area contributed by atoms with E-state index < -0.39 is 11.7 Å². The lowest BCUT2D eigenvalue weighted by Crippen LogP contribution is -2.35. The zero-order valence-corrected chi connectivity index (χ0v) is 14.9. The highest BCUT2D eigenvalue weighted by Crippen LogP contribution is 2.28. The minimum Gasteiger partial charge on any atom is -0.490 e. The molecule has 0 atom stereocenters. The minimum absolute atomic E-state index is 0.0188. The third-order valence-corrected chi connectivity index (χ3v) is 2.80. The Morgan fingerprint density at radius 1 is 1.17 bits per heavy atom. The maximum atomic E-state index is 11.7. The van der Waals surface area contributed by atoms with Crippen molar-refractivity contribution >= 4 is 11.8 Å². The van der Waals surface area contributed by atoms with Crippen molar-refractivity contribution in [3.05, 3.63) is 23.8 Å². The smallest absolute Gasteiger partial charge is 0.407 e. The molecule has 24 heavy (non-hydrogen) atoms. The number of nitrogens with zero attached hydrogens (tertiary/aromatic N) is 1. The Labute approximate surface area is 142 Å². The van der Waals surface area contributed by atoms with Crippen LogP contribution < -0.4 is 14.8 Å².